The number of hydrogen-bond donors (Lipinski definition) is 1. The first-order chi connectivity index (χ1) is 8.22. The van der Waals surface area contributed by atoms with Crippen molar-refractivity contribution in [3.63, 3.8) is 0 Å². The third kappa shape index (κ3) is 2.42. The van der Waals surface area contributed by atoms with Gasteiger partial charge in [-0.1, -0.05) is 31.0 Å². The van der Waals surface area contributed by atoms with Crippen LogP contribution in [0.4, 0.5) is 10.5 Å². The van der Waals surface area contributed by atoms with E-state index in [1.165, 1.54) is 5.56 Å². The van der Waals surface area contributed by atoms with Gasteiger partial charge in [0.25, 0.3) is 0 Å². The molecular weight excluding hydrogens is 212 g/mol. The average molecular weight is 228 g/mol. The second kappa shape index (κ2) is 4.92. The van der Waals surface area contributed by atoms with Gasteiger partial charge in [-0.15, -0.1) is 6.42 Å². The van der Waals surface area contributed by atoms with E-state index in [0.29, 0.717) is 5.92 Å². The molecule has 1 aromatic carbocycles. The first-order valence-electron chi connectivity index (χ1n) is 5.79. The van der Waals surface area contributed by atoms with Crippen molar-refractivity contribution in [2.75, 3.05) is 18.0 Å². The molecule has 88 valence electrons. The Bertz CT molecular complexity index is 462. The molecule has 1 N–H and O–H groups in total. The molecule has 1 aliphatic rings. The number of carbonyl (C=O) groups excluding carboxylic acids is 1. The van der Waals surface area contributed by atoms with E-state index in [9.17, 15) is 4.79 Å². The Morgan fingerprint density at radius 3 is 3.12 bits per heavy atom. The fourth-order valence-corrected chi connectivity index (χ4v) is 2.21. The number of fused-ring (bicyclic) bond motifs is 1. The first-order valence-corrected chi connectivity index (χ1v) is 5.79. The van der Waals surface area contributed by atoms with Crippen LogP contribution >= 0.6 is 0 Å². The number of rotatable bonds is 1. The third-order valence-corrected chi connectivity index (χ3v) is 2.93. The van der Waals surface area contributed by atoms with Crippen LogP contribution in [0.1, 0.15) is 12.5 Å². The summed E-state index contributed by atoms with van der Waals surface area (Å²) in [5.74, 6) is 2.89. The summed E-state index contributed by atoms with van der Waals surface area (Å²) in [5, 5.41) is 2.71. The van der Waals surface area contributed by atoms with Crippen molar-refractivity contribution >= 4 is 11.7 Å². The number of para-hydroxylation sites is 1. The van der Waals surface area contributed by atoms with Gasteiger partial charge in [-0.05, 0) is 24.0 Å². The van der Waals surface area contributed by atoms with Gasteiger partial charge in [0.2, 0.25) is 0 Å². The minimum Gasteiger partial charge on any atom is -0.327 e. The predicted molar refractivity (Wildman–Crippen MR) is 68.9 cm³/mol. The molecule has 1 heterocycles. The molecule has 0 unspecified atom stereocenters. The van der Waals surface area contributed by atoms with Crippen LogP contribution < -0.4 is 10.2 Å². The molecule has 3 heteroatoms. The molecule has 0 bridgehead atoms. The largest absolute Gasteiger partial charge is 0.327 e. The van der Waals surface area contributed by atoms with Crippen LogP contribution in [0.15, 0.2) is 24.3 Å². The molecule has 0 radical (unpaired) electrons. The number of amides is 2. The lowest BCUT2D eigenvalue weighted by Gasteiger charge is -2.32. The Labute approximate surface area is 102 Å². The predicted octanol–water partition coefficient (Wildman–Crippen LogP) is 2.03. The van der Waals surface area contributed by atoms with E-state index in [-0.39, 0.29) is 12.6 Å². The monoisotopic (exact) mass is 228 g/mol. The van der Waals surface area contributed by atoms with Gasteiger partial charge in [0.1, 0.15) is 0 Å². The number of terminal acetylenes is 1. The number of carbonyl (C=O) groups is 1. The highest BCUT2D eigenvalue weighted by Gasteiger charge is 2.25. The summed E-state index contributed by atoms with van der Waals surface area (Å²) < 4.78 is 0. The highest BCUT2D eigenvalue weighted by molar-refractivity contribution is 5.93. The molecule has 17 heavy (non-hydrogen) atoms. The second-order valence-electron chi connectivity index (χ2n) is 4.41. The fourth-order valence-electron chi connectivity index (χ4n) is 2.21. The lowest BCUT2D eigenvalue weighted by molar-refractivity contribution is 0.245. The van der Waals surface area contributed by atoms with Gasteiger partial charge in [-0.3, -0.25) is 4.90 Å². The van der Waals surface area contributed by atoms with Gasteiger partial charge in [0.05, 0.1) is 6.54 Å². The zero-order valence-electron chi connectivity index (χ0n) is 9.94. The number of nitrogens with one attached hydrogen (secondary N) is 1. The van der Waals surface area contributed by atoms with Crippen LogP contribution in [-0.2, 0) is 6.42 Å². The average Bonchev–Trinajstić information content (AvgIpc) is 2.34. The van der Waals surface area contributed by atoms with Crippen molar-refractivity contribution < 1.29 is 4.79 Å². The maximum atomic E-state index is 12.0. The molecule has 0 fully saturated rings. The maximum absolute atomic E-state index is 12.0. The fraction of sp³-hybridized carbons (Fsp3) is 0.357. The van der Waals surface area contributed by atoms with Gasteiger partial charge in [0, 0.05) is 12.2 Å². The molecule has 0 aliphatic carbocycles. The summed E-state index contributed by atoms with van der Waals surface area (Å²) in [6.07, 6.45) is 6.17. The molecule has 1 atom stereocenters. The number of nitrogens with zero attached hydrogens (tertiary/aromatic N) is 1. The van der Waals surface area contributed by atoms with Crippen molar-refractivity contribution in [2.45, 2.75) is 13.3 Å². The Hall–Kier alpha value is -1.95. The van der Waals surface area contributed by atoms with Crippen LogP contribution in [-0.4, -0.2) is 19.1 Å². The Morgan fingerprint density at radius 2 is 2.35 bits per heavy atom. The molecule has 0 saturated carbocycles. The Kier molecular flexibility index (Phi) is 3.34. The SMILES string of the molecule is C#CCNC(=O)N1C[C@@H](C)Cc2ccccc21. The molecule has 1 aromatic rings. The van der Waals surface area contributed by atoms with Gasteiger partial charge >= 0.3 is 6.03 Å². The first kappa shape index (κ1) is 11.5. The molecule has 0 aromatic heterocycles. The van der Waals surface area contributed by atoms with E-state index in [1.807, 2.05) is 18.2 Å². The smallest absolute Gasteiger partial charge is 0.322 e. The van der Waals surface area contributed by atoms with E-state index < -0.39 is 0 Å². The number of anilines is 1. The van der Waals surface area contributed by atoms with E-state index >= 15 is 0 Å². The molecular formula is C14H16N2O. The minimum atomic E-state index is -0.109. The highest BCUT2D eigenvalue weighted by Crippen LogP contribution is 2.29. The summed E-state index contributed by atoms with van der Waals surface area (Å²) in [7, 11) is 0. The van der Waals surface area contributed by atoms with Gasteiger partial charge in [-0.2, -0.15) is 0 Å². The summed E-state index contributed by atoms with van der Waals surface area (Å²) >= 11 is 0. The number of urea groups is 1. The Morgan fingerprint density at radius 1 is 1.59 bits per heavy atom. The van der Waals surface area contributed by atoms with Crippen LogP contribution in [0.25, 0.3) is 0 Å². The van der Waals surface area contributed by atoms with E-state index in [2.05, 4.69) is 24.2 Å². The topological polar surface area (TPSA) is 32.3 Å². The molecule has 0 spiro atoms. The lowest BCUT2D eigenvalue weighted by Crippen LogP contribution is -2.45. The molecule has 2 amide bonds. The normalized spacial score (nSPS) is 18.1. The number of hydrogen-bond acceptors (Lipinski definition) is 1. The van der Waals surface area contributed by atoms with Crippen LogP contribution in [0.2, 0.25) is 0 Å². The summed E-state index contributed by atoms with van der Waals surface area (Å²) in [5.41, 5.74) is 2.22. The summed E-state index contributed by atoms with van der Waals surface area (Å²) in [6.45, 7) is 3.16. The van der Waals surface area contributed by atoms with Crippen LogP contribution in [0.5, 0.6) is 0 Å². The summed E-state index contributed by atoms with van der Waals surface area (Å²) in [4.78, 5) is 13.8. The zero-order chi connectivity index (χ0) is 12.3. The van der Waals surface area contributed by atoms with Gasteiger partial charge in [0.15, 0.2) is 0 Å². The summed E-state index contributed by atoms with van der Waals surface area (Å²) in [6, 6.07) is 7.91. The third-order valence-electron chi connectivity index (χ3n) is 2.93. The van der Waals surface area contributed by atoms with Crippen molar-refractivity contribution in [2.24, 2.45) is 5.92 Å². The van der Waals surface area contributed by atoms with Crippen molar-refractivity contribution in [3.8, 4) is 12.3 Å². The molecule has 3 nitrogen and oxygen atoms in total. The van der Waals surface area contributed by atoms with Gasteiger partial charge < -0.3 is 5.32 Å². The maximum Gasteiger partial charge on any atom is 0.322 e. The van der Waals surface area contributed by atoms with Crippen molar-refractivity contribution in [3.05, 3.63) is 29.8 Å². The van der Waals surface area contributed by atoms with Gasteiger partial charge in [-0.25, -0.2) is 4.79 Å². The van der Waals surface area contributed by atoms with Crippen LogP contribution in [0.3, 0.4) is 0 Å². The van der Waals surface area contributed by atoms with Crippen molar-refractivity contribution in [1.29, 1.82) is 0 Å². The zero-order valence-corrected chi connectivity index (χ0v) is 9.94. The Balaban J connectivity index is 2.24. The van der Waals surface area contributed by atoms with Crippen LogP contribution in [0, 0.1) is 18.3 Å². The van der Waals surface area contributed by atoms with E-state index in [4.69, 9.17) is 6.42 Å². The quantitative estimate of drug-likeness (QED) is 0.733. The van der Waals surface area contributed by atoms with E-state index in [0.717, 1.165) is 18.7 Å². The highest BCUT2D eigenvalue weighted by atomic mass is 16.2. The van der Waals surface area contributed by atoms with E-state index in [1.54, 1.807) is 4.90 Å². The molecule has 2 rings (SSSR count). The standard InChI is InChI=1S/C14H16N2O/c1-3-8-15-14(17)16-10-11(2)9-12-6-4-5-7-13(12)16/h1,4-7,11H,8-10H2,2H3,(H,15,17)/t11-/m0/s1. The van der Waals surface area contributed by atoms with Crippen molar-refractivity contribution in [1.82, 2.24) is 5.32 Å². The second-order valence-corrected chi connectivity index (χ2v) is 4.41. The minimum absolute atomic E-state index is 0.109. The number of benzene rings is 1. The molecule has 1 aliphatic heterocycles. The molecule has 0 saturated heterocycles. The lowest BCUT2D eigenvalue weighted by atomic mass is 9.94.